The Hall–Kier alpha value is -3.89. The highest BCUT2D eigenvalue weighted by molar-refractivity contribution is 7.07. The molecule has 0 saturated heterocycles. The summed E-state index contributed by atoms with van der Waals surface area (Å²) < 4.78 is 1.56. The summed E-state index contributed by atoms with van der Waals surface area (Å²) in [7, 11) is 0. The van der Waals surface area contributed by atoms with Crippen molar-refractivity contribution >= 4 is 45.0 Å². The predicted octanol–water partition coefficient (Wildman–Crippen LogP) is 3.79. The molecule has 9 nitrogen and oxygen atoms in total. The van der Waals surface area contributed by atoms with Crippen molar-refractivity contribution < 1.29 is 4.85 Å². The summed E-state index contributed by atoms with van der Waals surface area (Å²) in [5.41, 5.74) is 5.62. The average Bonchev–Trinajstić information content (AvgIpc) is 3.55. The molecular formula is C20H13ClN8OS. The van der Waals surface area contributed by atoms with Gasteiger partial charge in [0.25, 0.3) is 5.52 Å². The number of hydrogen-bond acceptors (Lipinski definition) is 7. The fourth-order valence-corrected chi connectivity index (χ4v) is 3.60. The maximum Gasteiger partial charge on any atom is 0.302 e. The molecule has 11 heteroatoms. The van der Waals surface area contributed by atoms with E-state index in [1.165, 1.54) is 12.4 Å². The van der Waals surface area contributed by atoms with Gasteiger partial charge in [-0.25, -0.2) is 19.9 Å². The Morgan fingerprint density at radius 3 is 2.77 bits per heavy atom. The van der Waals surface area contributed by atoms with Gasteiger partial charge in [0.05, 0.1) is 21.6 Å². The molecule has 0 fully saturated rings. The Balaban J connectivity index is 0.000000134. The number of thiazole rings is 1. The Labute approximate surface area is 184 Å². The first-order valence-electron chi connectivity index (χ1n) is 9.06. The SMILES string of the molecule is [O-][n+]1nc(-n2ccnc2)nc2ccc(Cl)cc21.c1ccc2[nH]c(-c3cscn3)nc2c1. The summed E-state index contributed by atoms with van der Waals surface area (Å²) in [6, 6.07) is 12.9. The molecule has 0 radical (unpaired) electrons. The number of H-pyrrole nitrogens is 1. The molecule has 6 aromatic rings. The third-order valence-corrected chi connectivity index (χ3v) is 5.17. The van der Waals surface area contributed by atoms with Crippen LogP contribution in [0.2, 0.25) is 5.02 Å². The van der Waals surface area contributed by atoms with Crippen LogP contribution in [0.25, 0.3) is 39.5 Å². The molecule has 0 amide bonds. The molecule has 0 aliphatic carbocycles. The molecule has 2 aromatic carbocycles. The molecule has 1 N–H and O–H groups in total. The van der Waals surface area contributed by atoms with E-state index in [4.69, 9.17) is 11.6 Å². The molecule has 6 rings (SSSR count). The van der Waals surface area contributed by atoms with Crippen LogP contribution in [0, 0.1) is 5.21 Å². The first kappa shape index (κ1) is 19.1. The zero-order chi connectivity index (χ0) is 21.2. The smallest absolute Gasteiger partial charge is 0.302 e. The van der Waals surface area contributed by atoms with Gasteiger partial charge in [-0.05, 0) is 29.1 Å². The number of rotatable bonds is 2. The lowest BCUT2D eigenvalue weighted by Crippen LogP contribution is -2.34. The van der Waals surface area contributed by atoms with Gasteiger partial charge in [-0.2, -0.15) is 0 Å². The molecule has 0 bridgehead atoms. The van der Waals surface area contributed by atoms with Crippen LogP contribution >= 0.6 is 22.9 Å². The van der Waals surface area contributed by atoms with Gasteiger partial charge in [-0.3, -0.25) is 4.57 Å². The summed E-state index contributed by atoms with van der Waals surface area (Å²) in [5, 5.41) is 18.0. The second-order valence-corrected chi connectivity index (χ2v) is 7.52. The van der Waals surface area contributed by atoms with Gasteiger partial charge in [0.2, 0.25) is 0 Å². The van der Waals surface area contributed by atoms with E-state index in [2.05, 4.69) is 30.0 Å². The Bertz CT molecular complexity index is 1430. The van der Waals surface area contributed by atoms with Crippen molar-refractivity contribution in [2.24, 2.45) is 0 Å². The van der Waals surface area contributed by atoms with Crippen LogP contribution in [0.3, 0.4) is 0 Å². The van der Waals surface area contributed by atoms with Crippen LogP contribution in [0.5, 0.6) is 0 Å². The second kappa shape index (κ2) is 8.09. The maximum absolute atomic E-state index is 11.7. The molecule has 4 heterocycles. The summed E-state index contributed by atoms with van der Waals surface area (Å²) in [5.74, 6) is 1.11. The third-order valence-electron chi connectivity index (χ3n) is 4.34. The molecule has 31 heavy (non-hydrogen) atoms. The summed E-state index contributed by atoms with van der Waals surface area (Å²) >= 11 is 7.38. The van der Waals surface area contributed by atoms with Gasteiger partial charge in [-0.15, -0.1) is 11.3 Å². The van der Waals surface area contributed by atoms with E-state index in [1.807, 2.05) is 35.2 Å². The highest BCUT2D eigenvalue weighted by Gasteiger charge is 2.12. The minimum Gasteiger partial charge on any atom is -0.594 e. The Morgan fingerprint density at radius 1 is 1.10 bits per heavy atom. The van der Waals surface area contributed by atoms with Crippen molar-refractivity contribution in [2.45, 2.75) is 0 Å². The van der Waals surface area contributed by atoms with E-state index < -0.39 is 0 Å². The van der Waals surface area contributed by atoms with Crippen molar-refractivity contribution in [1.82, 2.24) is 34.6 Å². The predicted molar refractivity (Wildman–Crippen MR) is 118 cm³/mol. The van der Waals surface area contributed by atoms with Gasteiger partial charge in [0.1, 0.15) is 17.5 Å². The molecule has 152 valence electrons. The molecule has 0 saturated carbocycles. The van der Waals surface area contributed by atoms with E-state index in [1.54, 1.807) is 40.4 Å². The maximum atomic E-state index is 11.7. The van der Waals surface area contributed by atoms with Crippen LogP contribution in [-0.4, -0.2) is 34.6 Å². The molecule has 0 spiro atoms. The standard InChI is InChI=1S/C10H6ClN5O.C10H7N3S/c11-7-1-2-8-9(5-7)16(17)14-10(13-8)15-4-3-12-6-15;1-2-4-8-7(3-1)12-10(13-8)9-5-14-6-11-9/h1-6H;1-6H,(H,12,13). The van der Waals surface area contributed by atoms with E-state index in [0.717, 1.165) is 22.6 Å². The summed E-state index contributed by atoms with van der Waals surface area (Å²) in [6.07, 6.45) is 4.78. The van der Waals surface area contributed by atoms with Crippen LogP contribution in [0.15, 0.2) is 72.1 Å². The quantitative estimate of drug-likeness (QED) is 0.318. The number of nitrogens with zero attached hydrogens (tertiary/aromatic N) is 7. The van der Waals surface area contributed by atoms with Gasteiger partial charge < -0.3 is 10.2 Å². The second-order valence-electron chi connectivity index (χ2n) is 6.36. The molecule has 0 aliphatic rings. The Morgan fingerprint density at radius 2 is 2.00 bits per heavy atom. The molecule has 0 unspecified atom stereocenters. The number of nitrogens with one attached hydrogen (secondary N) is 1. The van der Waals surface area contributed by atoms with E-state index in [9.17, 15) is 5.21 Å². The number of benzene rings is 2. The van der Waals surface area contributed by atoms with E-state index in [-0.39, 0.29) is 5.95 Å². The first-order chi connectivity index (χ1) is 15.2. The fourth-order valence-electron chi connectivity index (χ4n) is 2.90. The number of hydrogen-bond donors (Lipinski definition) is 1. The number of aromatic amines is 1. The molecule has 4 aromatic heterocycles. The molecule has 0 atom stereocenters. The lowest BCUT2D eigenvalue weighted by atomic mass is 10.3. The summed E-state index contributed by atoms with van der Waals surface area (Å²) in [4.78, 5) is 20.5. The third kappa shape index (κ3) is 3.93. The topological polar surface area (TPSA) is 112 Å². The Kier molecular flexibility index (Phi) is 4.98. The highest BCUT2D eigenvalue weighted by Crippen LogP contribution is 2.19. The van der Waals surface area contributed by atoms with Crippen molar-refractivity contribution in [2.75, 3.05) is 0 Å². The lowest BCUT2D eigenvalue weighted by Gasteiger charge is -2.02. The lowest BCUT2D eigenvalue weighted by molar-refractivity contribution is -0.642. The zero-order valence-corrected chi connectivity index (χ0v) is 17.3. The summed E-state index contributed by atoms with van der Waals surface area (Å²) in [6.45, 7) is 0. The highest BCUT2D eigenvalue weighted by atomic mass is 35.5. The monoisotopic (exact) mass is 448 g/mol. The molecule has 0 aliphatic heterocycles. The van der Waals surface area contributed by atoms with Gasteiger partial charge in [0.15, 0.2) is 5.82 Å². The average molecular weight is 449 g/mol. The molecular weight excluding hydrogens is 436 g/mol. The number of fused-ring (bicyclic) bond motifs is 2. The van der Waals surface area contributed by atoms with E-state index >= 15 is 0 Å². The fraction of sp³-hybridized carbons (Fsp3) is 0. The van der Waals surface area contributed by atoms with Crippen molar-refractivity contribution in [1.29, 1.82) is 0 Å². The van der Waals surface area contributed by atoms with Crippen LogP contribution in [0.1, 0.15) is 0 Å². The number of aromatic nitrogens is 8. The van der Waals surface area contributed by atoms with Crippen LogP contribution in [-0.2, 0) is 0 Å². The minimum absolute atomic E-state index is 0.271. The van der Waals surface area contributed by atoms with E-state index in [0.29, 0.717) is 20.9 Å². The minimum atomic E-state index is 0.271. The van der Waals surface area contributed by atoms with Crippen LogP contribution < -0.4 is 4.85 Å². The zero-order valence-electron chi connectivity index (χ0n) is 15.8. The van der Waals surface area contributed by atoms with Gasteiger partial charge in [0, 0.05) is 28.9 Å². The van der Waals surface area contributed by atoms with Crippen molar-refractivity contribution in [3.05, 3.63) is 82.3 Å². The normalized spacial score (nSPS) is 10.9. The largest absolute Gasteiger partial charge is 0.594 e. The van der Waals surface area contributed by atoms with Crippen LogP contribution in [0.4, 0.5) is 0 Å². The number of imidazole rings is 2. The van der Waals surface area contributed by atoms with Gasteiger partial charge in [-0.1, -0.05) is 23.7 Å². The first-order valence-corrected chi connectivity index (χ1v) is 10.4. The van der Waals surface area contributed by atoms with Crippen molar-refractivity contribution in [3.8, 4) is 17.5 Å². The number of para-hydroxylation sites is 2. The number of halogens is 1. The van der Waals surface area contributed by atoms with Crippen molar-refractivity contribution in [3.63, 3.8) is 0 Å². The van der Waals surface area contributed by atoms with Gasteiger partial charge >= 0.3 is 5.95 Å².